The van der Waals surface area contributed by atoms with Gasteiger partial charge in [-0.05, 0) is 30.9 Å². The van der Waals surface area contributed by atoms with Crippen molar-refractivity contribution in [1.82, 2.24) is 5.32 Å². The zero-order valence-corrected chi connectivity index (χ0v) is 14.8. The molecule has 0 amide bonds. The minimum absolute atomic E-state index is 0.123. The number of aliphatic hydroxyl groups is 1. The van der Waals surface area contributed by atoms with Crippen LogP contribution in [0.4, 0.5) is 22.0 Å². The monoisotopic (exact) mass is 390 g/mol. The van der Waals surface area contributed by atoms with Gasteiger partial charge in [-0.3, -0.25) is 4.99 Å². The summed E-state index contributed by atoms with van der Waals surface area (Å²) in [5, 5.41) is 12.6. The molecule has 0 radical (unpaired) electrons. The van der Waals surface area contributed by atoms with Gasteiger partial charge in [-0.1, -0.05) is 18.2 Å². The summed E-state index contributed by atoms with van der Waals surface area (Å²) in [7, 11) is 0. The quantitative estimate of drug-likeness (QED) is 0.561. The molecule has 3 atom stereocenters. The SMILES string of the molecule is C=CC[C@@H]1CC[C@@H](c2cccc(F)c2F)CN/C1=N\CC(O)CC(F)(F)F. The van der Waals surface area contributed by atoms with Crippen LogP contribution in [0, 0.1) is 17.6 Å². The van der Waals surface area contributed by atoms with Crippen LogP contribution in [0.15, 0.2) is 35.8 Å². The highest BCUT2D eigenvalue weighted by Gasteiger charge is 2.31. The number of amidine groups is 1. The zero-order chi connectivity index (χ0) is 20.0. The third-order valence-corrected chi connectivity index (χ3v) is 4.59. The molecular weight excluding hydrogens is 367 g/mol. The molecule has 0 saturated carbocycles. The Morgan fingerprint density at radius 2 is 2.04 bits per heavy atom. The van der Waals surface area contributed by atoms with Crippen molar-refractivity contribution in [3.8, 4) is 0 Å². The number of rotatable bonds is 6. The molecule has 150 valence electrons. The van der Waals surface area contributed by atoms with Crippen molar-refractivity contribution in [3.05, 3.63) is 48.1 Å². The van der Waals surface area contributed by atoms with Gasteiger partial charge in [-0.15, -0.1) is 6.58 Å². The second-order valence-corrected chi connectivity index (χ2v) is 6.72. The molecule has 0 spiro atoms. The maximum absolute atomic E-state index is 14.1. The van der Waals surface area contributed by atoms with Gasteiger partial charge in [0.25, 0.3) is 0 Å². The Labute approximate surface area is 155 Å². The van der Waals surface area contributed by atoms with Gasteiger partial charge >= 0.3 is 6.18 Å². The Morgan fingerprint density at radius 3 is 2.70 bits per heavy atom. The standard InChI is InChI=1S/C19H23F5N2O/c1-2-4-12-7-8-13(15-5-3-6-16(20)17(15)21)10-25-18(12)26-11-14(27)9-19(22,23)24/h2-3,5-6,12-14,27H,1,4,7-11H2,(H,25,26)/t12-,13-,14?/m1/s1. The van der Waals surface area contributed by atoms with Crippen LogP contribution in [0.2, 0.25) is 0 Å². The van der Waals surface area contributed by atoms with Gasteiger partial charge in [0.05, 0.1) is 24.9 Å². The normalized spacial score (nSPS) is 23.6. The Morgan fingerprint density at radius 1 is 1.30 bits per heavy atom. The molecule has 8 heteroatoms. The topological polar surface area (TPSA) is 44.6 Å². The van der Waals surface area contributed by atoms with Crippen LogP contribution in [0.3, 0.4) is 0 Å². The van der Waals surface area contributed by atoms with Crippen LogP contribution in [0.1, 0.15) is 37.2 Å². The summed E-state index contributed by atoms with van der Waals surface area (Å²) < 4.78 is 64.6. The highest BCUT2D eigenvalue weighted by atomic mass is 19.4. The minimum atomic E-state index is -4.46. The largest absolute Gasteiger partial charge is 0.391 e. The van der Waals surface area contributed by atoms with E-state index in [1.807, 2.05) is 0 Å². The van der Waals surface area contributed by atoms with Crippen molar-refractivity contribution >= 4 is 5.84 Å². The summed E-state index contributed by atoms with van der Waals surface area (Å²) in [6.07, 6.45) is -4.03. The van der Waals surface area contributed by atoms with E-state index in [0.717, 1.165) is 6.07 Å². The van der Waals surface area contributed by atoms with Crippen molar-refractivity contribution in [3.63, 3.8) is 0 Å². The summed E-state index contributed by atoms with van der Waals surface area (Å²) in [4.78, 5) is 4.14. The smallest absolute Gasteiger partial charge is 0.391 e. The predicted octanol–water partition coefficient (Wildman–Crippen LogP) is 4.34. The lowest BCUT2D eigenvalue weighted by molar-refractivity contribution is -0.152. The molecule has 3 nitrogen and oxygen atoms in total. The molecule has 27 heavy (non-hydrogen) atoms. The van der Waals surface area contributed by atoms with Crippen molar-refractivity contribution in [1.29, 1.82) is 0 Å². The van der Waals surface area contributed by atoms with Crippen molar-refractivity contribution in [2.24, 2.45) is 10.9 Å². The van der Waals surface area contributed by atoms with Crippen LogP contribution < -0.4 is 5.32 Å². The van der Waals surface area contributed by atoms with E-state index in [1.54, 1.807) is 6.08 Å². The summed E-state index contributed by atoms with van der Waals surface area (Å²) >= 11 is 0. The van der Waals surface area contributed by atoms with Crippen LogP contribution in [0.25, 0.3) is 0 Å². The van der Waals surface area contributed by atoms with Crippen molar-refractivity contribution < 1.29 is 27.1 Å². The highest BCUT2D eigenvalue weighted by molar-refractivity contribution is 5.85. The van der Waals surface area contributed by atoms with E-state index in [2.05, 4.69) is 16.9 Å². The summed E-state index contributed by atoms with van der Waals surface area (Å²) in [5.41, 5.74) is 0.262. The first-order chi connectivity index (χ1) is 12.7. The Kier molecular flexibility index (Phi) is 7.35. The van der Waals surface area contributed by atoms with E-state index in [-0.39, 0.29) is 30.5 Å². The number of nitrogens with zero attached hydrogens (tertiary/aromatic N) is 1. The number of hydrogen-bond acceptors (Lipinski definition) is 2. The lowest BCUT2D eigenvalue weighted by Gasteiger charge is -2.17. The molecule has 0 aromatic heterocycles. The van der Waals surface area contributed by atoms with Gasteiger partial charge in [0, 0.05) is 18.4 Å². The van der Waals surface area contributed by atoms with E-state index < -0.39 is 30.3 Å². The Hall–Kier alpha value is -1.96. The highest BCUT2D eigenvalue weighted by Crippen LogP contribution is 2.30. The second-order valence-electron chi connectivity index (χ2n) is 6.72. The summed E-state index contributed by atoms with van der Waals surface area (Å²) in [6, 6.07) is 4.03. The number of allylic oxidation sites excluding steroid dienone is 1. The number of hydrogen-bond donors (Lipinski definition) is 2. The lowest BCUT2D eigenvalue weighted by atomic mass is 9.90. The summed E-state index contributed by atoms with van der Waals surface area (Å²) in [5.74, 6) is -1.74. The molecule has 1 aliphatic rings. The van der Waals surface area contributed by atoms with Gasteiger partial charge in [0.2, 0.25) is 0 Å². The van der Waals surface area contributed by atoms with Crippen LogP contribution in [-0.2, 0) is 0 Å². The molecule has 1 aromatic rings. The van der Waals surface area contributed by atoms with Crippen molar-refractivity contribution in [2.75, 3.05) is 13.1 Å². The lowest BCUT2D eigenvalue weighted by Crippen LogP contribution is -2.32. The molecule has 1 aliphatic heterocycles. The maximum Gasteiger partial charge on any atom is 0.391 e. The van der Waals surface area contributed by atoms with Gasteiger partial charge in [-0.2, -0.15) is 13.2 Å². The first-order valence-corrected chi connectivity index (χ1v) is 8.79. The third kappa shape index (κ3) is 6.30. The van der Waals surface area contributed by atoms with E-state index >= 15 is 0 Å². The first kappa shape index (κ1) is 21.3. The van der Waals surface area contributed by atoms with E-state index in [9.17, 15) is 27.1 Å². The van der Waals surface area contributed by atoms with E-state index in [4.69, 9.17) is 0 Å². The third-order valence-electron chi connectivity index (χ3n) is 4.59. The number of alkyl halides is 3. The Bertz CT molecular complexity index is 675. The van der Waals surface area contributed by atoms with Crippen molar-refractivity contribution in [2.45, 2.75) is 43.9 Å². The number of halogens is 5. The minimum Gasteiger partial charge on any atom is -0.391 e. The molecular formula is C19H23F5N2O. The molecule has 1 saturated heterocycles. The van der Waals surface area contributed by atoms with Gasteiger partial charge < -0.3 is 10.4 Å². The molecule has 1 unspecified atom stereocenters. The fourth-order valence-corrected chi connectivity index (χ4v) is 3.27. The predicted molar refractivity (Wildman–Crippen MR) is 93.6 cm³/mol. The second kappa shape index (κ2) is 9.30. The molecule has 2 N–H and O–H groups in total. The fourth-order valence-electron chi connectivity index (χ4n) is 3.27. The first-order valence-electron chi connectivity index (χ1n) is 8.79. The van der Waals surface area contributed by atoms with Crippen LogP contribution >= 0.6 is 0 Å². The molecule has 0 bridgehead atoms. The molecule has 1 heterocycles. The number of nitrogens with one attached hydrogen (secondary N) is 1. The number of benzene rings is 1. The zero-order valence-electron chi connectivity index (χ0n) is 14.8. The average molecular weight is 390 g/mol. The summed E-state index contributed by atoms with van der Waals surface area (Å²) in [6.45, 7) is 3.58. The molecule has 0 aliphatic carbocycles. The van der Waals surface area contributed by atoms with Crippen LogP contribution in [-0.4, -0.2) is 36.3 Å². The number of aliphatic hydroxyl groups excluding tert-OH is 1. The molecule has 1 fully saturated rings. The van der Waals surface area contributed by atoms with Crippen LogP contribution in [0.5, 0.6) is 0 Å². The fraction of sp³-hybridized carbons (Fsp3) is 0.526. The molecule has 2 rings (SSSR count). The molecule has 1 aromatic carbocycles. The van der Waals surface area contributed by atoms with E-state index in [1.165, 1.54) is 12.1 Å². The van der Waals surface area contributed by atoms with Gasteiger partial charge in [-0.25, -0.2) is 8.78 Å². The number of aliphatic imine (C=N–C) groups is 1. The van der Waals surface area contributed by atoms with Gasteiger partial charge in [0.1, 0.15) is 0 Å². The van der Waals surface area contributed by atoms with Gasteiger partial charge in [0.15, 0.2) is 11.6 Å². The maximum atomic E-state index is 14.1. The van der Waals surface area contributed by atoms with E-state index in [0.29, 0.717) is 25.1 Å². The Balaban J connectivity index is 2.12. The average Bonchev–Trinajstić information content (AvgIpc) is 2.77.